The van der Waals surface area contributed by atoms with Gasteiger partial charge in [-0.25, -0.2) is 0 Å². The summed E-state index contributed by atoms with van der Waals surface area (Å²) in [7, 11) is 0. The molecule has 0 saturated carbocycles. The van der Waals surface area contributed by atoms with Gasteiger partial charge < -0.3 is 13.9 Å². The molecule has 4 heteroatoms. The molecule has 3 nitrogen and oxygen atoms in total. The van der Waals surface area contributed by atoms with E-state index in [-0.39, 0.29) is 0 Å². The average Bonchev–Trinajstić information content (AvgIpc) is 3.88. The van der Waals surface area contributed by atoms with Crippen LogP contribution >= 0.6 is 11.3 Å². The lowest BCUT2D eigenvalue weighted by Gasteiger charge is -2.27. The Bertz CT molecular complexity index is 3100. The molecule has 11 rings (SSSR count). The molecule has 3 heterocycles. The van der Waals surface area contributed by atoms with E-state index >= 15 is 0 Å². The smallest absolute Gasteiger partial charge is 0.135 e. The number of thiophene rings is 1. The second-order valence-corrected chi connectivity index (χ2v) is 14.4. The van der Waals surface area contributed by atoms with E-state index in [1.165, 1.54) is 53.1 Å². The van der Waals surface area contributed by atoms with Crippen LogP contribution in [-0.2, 0) is 0 Å². The van der Waals surface area contributed by atoms with Gasteiger partial charge in [-0.05, 0) is 83.9 Å². The van der Waals surface area contributed by atoms with Crippen LogP contribution in [0.3, 0.4) is 0 Å². The summed E-state index contributed by atoms with van der Waals surface area (Å²) in [6.07, 6.45) is 0. The average molecular weight is 683 g/mol. The highest BCUT2D eigenvalue weighted by Crippen LogP contribution is 2.49. The van der Waals surface area contributed by atoms with E-state index in [9.17, 15) is 0 Å². The van der Waals surface area contributed by atoms with Crippen LogP contribution in [0.15, 0.2) is 186 Å². The Balaban J connectivity index is 1.15. The maximum Gasteiger partial charge on any atom is 0.135 e. The highest BCUT2D eigenvalue weighted by Gasteiger charge is 2.22. The van der Waals surface area contributed by atoms with Crippen LogP contribution in [-0.4, -0.2) is 4.57 Å². The van der Waals surface area contributed by atoms with Crippen LogP contribution < -0.4 is 4.90 Å². The van der Waals surface area contributed by atoms with Crippen molar-refractivity contribution in [1.29, 1.82) is 0 Å². The standard InChI is InChI=1S/C48H30N2OS/c1-2-14-32(15-3-1)49(34-25-28-45-40(30-34)38-19-6-10-23-44(38)51-45)43-27-26-35(48-47(43)39-20-7-11-24-46(39)52-48)31-13-12-16-33(29-31)50-41-21-8-4-17-36(41)37-18-5-9-22-42(37)50/h1-30H. The van der Waals surface area contributed by atoms with Gasteiger partial charge in [0.05, 0.1) is 16.7 Å². The zero-order valence-electron chi connectivity index (χ0n) is 28.0. The highest BCUT2D eigenvalue weighted by molar-refractivity contribution is 7.26. The van der Waals surface area contributed by atoms with Gasteiger partial charge in [0.1, 0.15) is 11.2 Å². The number of rotatable bonds is 5. The van der Waals surface area contributed by atoms with Gasteiger partial charge in [0.25, 0.3) is 0 Å². The first kappa shape index (κ1) is 29.1. The van der Waals surface area contributed by atoms with Gasteiger partial charge in [0.2, 0.25) is 0 Å². The fourth-order valence-electron chi connectivity index (χ4n) is 8.10. The van der Waals surface area contributed by atoms with Gasteiger partial charge >= 0.3 is 0 Å². The van der Waals surface area contributed by atoms with E-state index < -0.39 is 0 Å². The van der Waals surface area contributed by atoms with Crippen LogP contribution in [0.1, 0.15) is 0 Å². The number of nitrogens with zero attached hydrogens (tertiary/aromatic N) is 2. The van der Waals surface area contributed by atoms with Crippen LogP contribution in [0.2, 0.25) is 0 Å². The summed E-state index contributed by atoms with van der Waals surface area (Å²) in [6.45, 7) is 0. The van der Waals surface area contributed by atoms with Crippen molar-refractivity contribution in [3.63, 3.8) is 0 Å². The van der Waals surface area contributed by atoms with Crippen LogP contribution in [0, 0.1) is 0 Å². The number of hydrogen-bond donors (Lipinski definition) is 0. The monoisotopic (exact) mass is 682 g/mol. The van der Waals surface area contributed by atoms with Crippen molar-refractivity contribution in [3.8, 4) is 16.8 Å². The molecular formula is C48H30N2OS. The highest BCUT2D eigenvalue weighted by atomic mass is 32.1. The summed E-state index contributed by atoms with van der Waals surface area (Å²) in [5, 5.41) is 7.27. The van der Waals surface area contributed by atoms with E-state index in [1.54, 1.807) is 0 Å². The second kappa shape index (κ2) is 11.5. The minimum absolute atomic E-state index is 0.891. The molecule has 52 heavy (non-hydrogen) atoms. The first-order valence-electron chi connectivity index (χ1n) is 17.6. The molecule has 0 aliphatic heterocycles. The minimum Gasteiger partial charge on any atom is -0.456 e. The maximum atomic E-state index is 6.24. The molecule has 0 fully saturated rings. The summed E-state index contributed by atoms with van der Waals surface area (Å²) in [4.78, 5) is 2.40. The molecule has 3 aromatic heterocycles. The Morgan fingerprint density at radius 2 is 1.13 bits per heavy atom. The predicted octanol–water partition coefficient (Wildman–Crippen LogP) is 14.2. The lowest BCUT2D eigenvalue weighted by molar-refractivity contribution is 0.669. The van der Waals surface area contributed by atoms with Gasteiger partial charge in [0, 0.05) is 58.8 Å². The Labute approximate surface area is 303 Å². The zero-order chi connectivity index (χ0) is 34.2. The van der Waals surface area contributed by atoms with E-state index in [2.05, 4.69) is 179 Å². The molecule has 0 amide bonds. The van der Waals surface area contributed by atoms with Gasteiger partial charge in [-0.2, -0.15) is 0 Å². The van der Waals surface area contributed by atoms with Crippen molar-refractivity contribution in [2.75, 3.05) is 4.90 Å². The second-order valence-electron chi connectivity index (χ2n) is 13.3. The summed E-state index contributed by atoms with van der Waals surface area (Å²) >= 11 is 1.87. The molecule has 244 valence electrons. The van der Waals surface area contributed by atoms with Crippen LogP contribution in [0.4, 0.5) is 17.1 Å². The van der Waals surface area contributed by atoms with Crippen molar-refractivity contribution in [3.05, 3.63) is 182 Å². The Hall–Kier alpha value is -6.62. The fraction of sp³-hybridized carbons (Fsp3) is 0. The molecule has 0 N–H and O–H groups in total. The first-order valence-corrected chi connectivity index (χ1v) is 18.4. The molecule has 0 bridgehead atoms. The van der Waals surface area contributed by atoms with E-state index in [4.69, 9.17) is 4.42 Å². The summed E-state index contributed by atoms with van der Waals surface area (Å²) in [6, 6.07) is 65.5. The molecule has 0 aliphatic carbocycles. The number of furan rings is 1. The largest absolute Gasteiger partial charge is 0.456 e. The number of benzene rings is 8. The Morgan fingerprint density at radius 1 is 0.462 bits per heavy atom. The third-order valence-electron chi connectivity index (χ3n) is 10.4. The number of fused-ring (bicyclic) bond motifs is 9. The number of hydrogen-bond acceptors (Lipinski definition) is 3. The predicted molar refractivity (Wildman–Crippen MR) is 221 cm³/mol. The molecule has 0 atom stereocenters. The molecule has 0 unspecified atom stereocenters. The number of anilines is 3. The van der Waals surface area contributed by atoms with Gasteiger partial charge in [0.15, 0.2) is 0 Å². The summed E-state index contributed by atoms with van der Waals surface area (Å²) in [5.74, 6) is 0. The quantitative estimate of drug-likeness (QED) is 0.180. The number of para-hydroxylation sites is 4. The van der Waals surface area contributed by atoms with Crippen molar-refractivity contribution >= 4 is 92.3 Å². The summed E-state index contributed by atoms with van der Waals surface area (Å²) < 4.78 is 11.2. The van der Waals surface area contributed by atoms with E-state index in [0.29, 0.717) is 0 Å². The van der Waals surface area contributed by atoms with Gasteiger partial charge in [-0.15, -0.1) is 11.3 Å². The fourth-order valence-corrected chi connectivity index (χ4v) is 9.35. The first-order chi connectivity index (χ1) is 25.8. The topological polar surface area (TPSA) is 21.3 Å². The third-order valence-corrected chi connectivity index (χ3v) is 11.6. The molecule has 0 radical (unpaired) electrons. The molecule has 8 aromatic carbocycles. The van der Waals surface area contributed by atoms with E-state index in [1.807, 2.05) is 23.5 Å². The minimum atomic E-state index is 0.891. The Morgan fingerprint density at radius 3 is 1.94 bits per heavy atom. The van der Waals surface area contributed by atoms with Crippen LogP contribution in [0.25, 0.3) is 80.7 Å². The Kier molecular flexibility index (Phi) is 6.42. The van der Waals surface area contributed by atoms with Gasteiger partial charge in [-0.3, -0.25) is 0 Å². The lowest BCUT2D eigenvalue weighted by atomic mass is 9.99. The summed E-state index contributed by atoms with van der Waals surface area (Å²) in [5.41, 5.74) is 11.1. The van der Waals surface area contributed by atoms with Gasteiger partial charge in [-0.1, -0.05) is 109 Å². The van der Waals surface area contributed by atoms with Crippen molar-refractivity contribution in [2.45, 2.75) is 0 Å². The third kappa shape index (κ3) is 4.38. The zero-order valence-corrected chi connectivity index (χ0v) is 28.8. The molecule has 0 spiro atoms. The van der Waals surface area contributed by atoms with Crippen LogP contribution in [0.5, 0.6) is 0 Å². The lowest BCUT2D eigenvalue weighted by Crippen LogP contribution is -2.10. The molecule has 0 saturated heterocycles. The van der Waals surface area contributed by atoms with Crippen molar-refractivity contribution in [1.82, 2.24) is 4.57 Å². The normalized spacial score (nSPS) is 11.8. The molecule has 0 aliphatic rings. The molecular weight excluding hydrogens is 653 g/mol. The van der Waals surface area contributed by atoms with E-state index in [0.717, 1.165) is 44.7 Å². The SMILES string of the molecule is c1ccc(N(c2ccc3oc4ccccc4c3c2)c2ccc(-c3cccc(-n4c5ccccc5c5ccccc54)c3)c3sc4ccccc4c23)cc1. The van der Waals surface area contributed by atoms with Crippen molar-refractivity contribution in [2.24, 2.45) is 0 Å². The van der Waals surface area contributed by atoms with Crippen molar-refractivity contribution < 1.29 is 4.42 Å². The molecule has 11 aromatic rings. The maximum absolute atomic E-state index is 6.24. The number of aromatic nitrogens is 1.